The fraction of sp³-hybridized carbons (Fsp3) is 0.0370. The first kappa shape index (κ1) is 32.7. The molecule has 0 saturated heterocycles. The Morgan fingerprint density at radius 1 is 0.375 bits per heavy atom. The minimum atomic E-state index is 1.10. The molecule has 2 heteroatoms. The Hall–Kier alpha value is -6.74. The molecule has 11 rings (SSSR count). The minimum absolute atomic E-state index is 1.10. The lowest BCUT2D eigenvalue weighted by Crippen LogP contribution is -1.93. The Kier molecular flexibility index (Phi) is 7.89. The molecule has 2 aromatic heterocycles. The van der Waals surface area contributed by atoms with Crippen molar-refractivity contribution in [1.82, 2.24) is 4.57 Å². The van der Waals surface area contributed by atoms with Crippen molar-refractivity contribution < 1.29 is 0 Å². The van der Waals surface area contributed by atoms with Crippen LogP contribution in [0.15, 0.2) is 200 Å². The number of nitrogens with zero attached hydrogens (tertiary/aromatic N) is 1. The second-order valence-electron chi connectivity index (χ2n) is 14.8. The average Bonchev–Trinajstić information content (AvgIpc) is 3.81. The number of para-hydroxylation sites is 1. The molecule has 0 amide bonds. The molecular formula is C54H37NS. The molecule has 0 spiro atoms. The van der Waals surface area contributed by atoms with Gasteiger partial charge in [-0.1, -0.05) is 133 Å². The van der Waals surface area contributed by atoms with E-state index in [1.54, 1.807) is 0 Å². The van der Waals surface area contributed by atoms with E-state index in [0.717, 1.165) is 12.8 Å². The molecule has 264 valence electrons. The van der Waals surface area contributed by atoms with Crippen LogP contribution in [0.25, 0.3) is 97.7 Å². The van der Waals surface area contributed by atoms with Crippen LogP contribution in [0.5, 0.6) is 0 Å². The topological polar surface area (TPSA) is 4.93 Å². The summed E-state index contributed by atoms with van der Waals surface area (Å²) in [4.78, 5) is 0. The zero-order valence-electron chi connectivity index (χ0n) is 30.8. The zero-order chi connectivity index (χ0) is 37.0. The van der Waals surface area contributed by atoms with Crippen molar-refractivity contribution in [2.24, 2.45) is 0 Å². The van der Waals surface area contributed by atoms with E-state index in [-0.39, 0.29) is 0 Å². The third kappa shape index (κ3) is 5.70. The highest BCUT2D eigenvalue weighted by Gasteiger charge is 2.16. The molecule has 10 aromatic rings. The second kappa shape index (κ2) is 13.5. The molecule has 0 saturated carbocycles. The average molecular weight is 732 g/mol. The molecular weight excluding hydrogens is 695 g/mol. The van der Waals surface area contributed by atoms with Gasteiger partial charge in [-0.25, -0.2) is 0 Å². The van der Waals surface area contributed by atoms with E-state index in [1.807, 2.05) is 11.3 Å². The maximum atomic E-state index is 2.44. The maximum absolute atomic E-state index is 2.44. The van der Waals surface area contributed by atoms with Crippen LogP contribution in [0.2, 0.25) is 0 Å². The lowest BCUT2D eigenvalue weighted by molar-refractivity contribution is 1.05. The molecule has 2 heterocycles. The standard InChI is InChI=1S/C54H37NS/c1-3-12-36(13-4-1)38-16-9-17-39(30-38)40-18-10-19-41(31-40)42-20-11-21-43(32-42)45-25-28-53-49(34-45)50-35-46(26-29-54(50)56-53)55-51-23-8-7-22-47(51)48-33-44(24-27-52(48)55)37-14-5-2-6-15-37/h1-3,5-12,14-35H,4,13H2. The van der Waals surface area contributed by atoms with Crippen LogP contribution in [0, 0.1) is 0 Å². The largest absolute Gasteiger partial charge is 0.309 e. The summed E-state index contributed by atoms with van der Waals surface area (Å²) in [6, 6.07) is 67.3. The zero-order valence-corrected chi connectivity index (χ0v) is 31.6. The molecule has 1 aliphatic rings. The number of rotatable bonds is 6. The molecule has 56 heavy (non-hydrogen) atoms. The Morgan fingerprint density at radius 2 is 0.911 bits per heavy atom. The molecule has 0 aliphatic heterocycles. The predicted octanol–water partition coefficient (Wildman–Crippen LogP) is 15.6. The SMILES string of the molecule is C1=CCCC(c2cccc(-c3cccc(-c4cccc(-c5ccc6sc7ccc(-n8c9ccccc9c9cc(-c%10ccccc%10)ccc98)cc7c6c5)c4)c3)c2)=C1. The van der Waals surface area contributed by atoms with Crippen molar-refractivity contribution in [2.45, 2.75) is 12.8 Å². The summed E-state index contributed by atoms with van der Waals surface area (Å²) in [5.74, 6) is 0. The van der Waals surface area contributed by atoms with Gasteiger partial charge in [0.2, 0.25) is 0 Å². The third-order valence-electron chi connectivity index (χ3n) is 11.5. The van der Waals surface area contributed by atoms with Gasteiger partial charge in [-0.2, -0.15) is 0 Å². The van der Waals surface area contributed by atoms with Crippen molar-refractivity contribution in [3.05, 3.63) is 206 Å². The fourth-order valence-electron chi connectivity index (χ4n) is 8.64. The Labute approximate surface area is 330 Å². The molecule has 0 fully saturated rings. The van der Waals surface area contributed by atoms with Gasteiger partial charge in [-0.05, 0) is 135 Å². The van der Waals surface area contributed by atoms with Gasteiger partial charge in [0.1, 0.15) is 0 Å². The number of allylic oxidation sites excluding steroid dienone is 4. The number of hydrogen-bond donors (Lipinski definition) is 0. The van der Waals surface area contributed by atoms with Gasteiger partial charge in [0.05, 0.1) is 11.0 Å². The molecule has 0 bridgehead atoms. The van der Waals surface area contributed by atoms with E-state index in [9.17, 15) is 0 Å². The third-order valence-corrected chi connectivity index (χ3v) is 12.6. The number of aromatic nitrogens is 1. The Morgan fingerprint density at radius 3 is 1.62 bits per heavy atom. The van der Waals surface area contributed by atoms with Crippen molar-refractivity contribution in [3.63, 3.8) is 0 Å². The van der Waals surface area contributed by atoms with Gasteiger partial charge in [0, 0.05) is 36.6 Å². The van der Waals surface area contributed by atoms with Crippen LogP contribution in [-0.4, -0.2) is 4.57 Å². The lowest BCUT2D eigenvalue weighted by Gasteiger charge is -2.12. The Bertz CT molecular complexity index is 3190. The molecule has 0 radical (unpaired) electrons. The number of thiophene rings is 1. The van der Waals surface area contributed by atoms with Gasteiger partial charge in [-0.15, -0.1) is 11.3 Å². The molecule has 0 unspecified atom stereocenters. The van der Waals surface area contributed by atoms with E-state index < -0.39 is 0 Å². The predicted molar refractivity (Wildman–Crippen MR) is 242 cm³/mol. The lowest BCUT2D eigenvalue weighted by atomic mass is 9.93. The van der Waals surface area contributed by atoms with Gasteiger partial charge < -0.3 is 4.57 Å². The summed E-state index contributed by atoms with van der Waals surface area (Å²) in [5.41, 5.74) is 16.2. The maximum Gasteiger partial charge on any atom is 0.0541 e. The van der Waals surface area contributed by atoms with Crippen LogP contribution >= 0.6 is 11.3 Å². The summed E-state index contributed by atoms with van der Waals surface area (Å²) in [5, 5.41) is 5.13. The van der Waals surface area contributed by atoms with Gasteiger partial charge in [0.25, 0.3) is 0 Å². The molecule has 8 aromatic carbocycles. The highest BCUT2D eigenvalue weighted by atomic mass is 32.1. The monoisotopic (exact) mass is 731 g/mol. The van der Waals surface area contributed by atoms with E-state index in [2.05, 4.69) is 205 Å². The van der Waals surface area contributed by atoms with Crippen LogP contribution in [0.4, 0.5) is 0 Å². The summed E-state index contributed by atoms with van der Waals surface area (Å²) in [6.07, 6.45) is 8.89. The smallest absolute Gasteiger partial charge is 0.0541 e. The van der Waals surface area contributed by atoms with Crippen LogP contribution in [0.3, 0.4) is 0 Å². The quantitative estimate of drug-likeness (QED) is 0.160. The summed E-state index contributed by atoms with van der Waals surface area (Å²) < 4.78 is 5.05. The van der Waals surface area contributed by atoms with E-state index in [1.165, 1.54) is 103 Å². The van der Waals surface area contributed by atoms with Crippen molar-refractivity contribution in [2.75, 3.05) is 0 Å². The van der Waals surface area contributed by atoms with Crippen LogP contribution in [0.1, 0.15) is 18.4 Å². The van der Waals surface area contributed by atoms with Crippen LogP contribution in [-0.2, 0) is 0 Å². The normalized spacial score (nSPS) is 12.9. The molecule has 0 atom stereocenters. The minimum Gasteiger partial charge on any atom is -0.309 e. The number of hydrogen-bond acceptors (Lipinski definition) is 1. The Balaban J connectivity index is 0.969. The summed E-state index contributed by atoms with van der Waals surface area (Å²) >= 11 is 1.87. The van der Waals surface area contributed by atoms with Crippen molar-refractivity contribution in [3.8, 4) is 50.2 Å². The number of benzene rings is 8. The fourth-order valence-corrected chi connectivity index (χ4v) is 9.71. The van der Waals surface area contributed by atoms with E-state index >= 15 is 0 Å². The molecule has 1 nitrogen and oxygen atoms in total. The van der Waals surface area contributed by atoms with Gasteiger partial charge in [-0.3, -0.25) is 0 Å². The van der Waals surface area contributed by atoms with Crippen molar-refractivity contribution >= 4 is 58.9 Å². The van der Waals surface area contributed by atoms with E-state index in [0.29, 0.717) is 0 Å². The van der Waals surface area contributed by atoms with Crippen LogP contribution < -0.4 is 0 Å². The molecule has 0 N–H and O–H groups in total. The summed E-state index contributed by atoms with van der Waals surface area (Å²) in [6.45, 7) is 0. The second-order valence-corrected chi connectivity index (χ2v) is 15.9. The van der Waals surface area contributed by atoms with Gasteiger partial charge >= 0.3 is 0 Å². The van der Waals surface area contributed by atoms with Gasteiger partial charge in [0.15, 0.2) is 0 Å². The van der Waals surface area contributed by atoms with E-state index in [4.69, 9.17) is 0 Å². The first-order valence-corrected chi connectivity index (χ1v) is 20.3. The number of fused-ring (bicyclic) bond motifs is 6. The molecule has 1 aliphatic carbocycles. The van der Waals surface area contributed by atoms with Crippen molar-refractivity contribution in [1.29, 1.82) is 0 Å². The first-order chi connectivity index (χ1) is 27.7. The first-order valence-electron chi connectivity index (χ1n) is 19.5. The highest BCUT2D eigenvalue weighted by Crippen LogP contribution is 2.41. The summed E-state index contributed by atoms with van der Waals surface area (Å²) in [7, 11) is 0. The highest BCUT2D eigenvalue weighted by molar-refractivity contribution is 7.25.